The molecule has 29 heavy (non-hydrogen) atoms. The summed E-state index contributed by atoms with van der Waals surface area (Å²) in [5.41, 5.74) is 3.96. The number of pyridine rings is 2. The Bertz CT molecular complexity index is 1070. The molecule has 2 aromatic carbocycles. The Morgan fingerprint density at radius 1 is 0.552 bits per heavy atom. The summed E-state index contributed by atoms with van der Waals surface area (Å²) in [7, 11) is 0. The molecule has 0 fully saturated rings. The number of nitrogens with one attached hydrogen (secondary N) is 1. The van der Waals surface area contributed by atoms with Gasteiger partial charge in [-0.25, -0.2) is 0 Å². The van der Waals surface area contributed by atoms with Crippen molar-refractivity contribution in [2.45, 2.75) is 0 Å². The van der Waals surface area contributed by atoms with Gasteiger partial charge in [0.2, 0.25) is 0 Å². The summed E-state index contributed by atoms with van der Waals surface area (Å²) < 4.78 is 0. The van der Waals surface area contributed by atoms with E-state index >= 15 is 0 Å². The molecule has 2 amide bonds. The summed E-state index contributed by atoms with van der Waals surface area (Å²) in [6.45, 7) is 0. The highest BCUT2D eigenvalue weighted by molar-refractivity contribution is 6.09. The lowest BCUT2D eigenvalue weighted by Gasteiger charge is -2.07. The topological polar surface area (TPSA) is 72.0 Å². The Kier molecular flexibility index (Phi) is 5.21. The second kappa shape index (κ2) is 8.27. The van der Waals surface area contributed by atoms with E-state index in [-0.39, 0.29) is 11.4 Å². The third kappa shape index (κ3) is 4.25. The van der Waals surface area contributed by atoms with E-state index in [1.165, 1.54) is 0 Å². The molecule has 0 radical (unpaired) electrons. The molecule has 0 aliphatic heterocycles. The summed E-state index contributed by atoms with van der Waals surface area (Å²) in [5.74, 6) is -1.14. The molecule has 2 heterocycles. The molecule has 0 unspecified atom stereocenters. The van der Waals surface area contributed by atoms with Crippen LogP contribution in [-0.2, 0) is 0 Å². The highest BCUT2D eigenvalue weighted by Crippen LogP contribution is 2.20. The van der Waals surface area contributed by atoms with Gasteiger partial charge < -0.3 is 0 Å². The monoisotopic (exact) mass is 379 g/mol. The number of imide groups is 1. The summed E-state index contributed by atoms with van der Waals surface area (Å²) in [5, 5.41) is 2.37. The van der Waals surface area contributed by atoms with Gasteiger partial charge in [-0.1, -0.05) is 60.7 Å². The van der Waals surface area contributed by atoms with E-state index in [1.54, 1.807) is 24.5 Å². The first-order valence-electron chi connectivity index (χ1n) is 9.09. The van der Waals surface area contributed by atoms with Gasteiger partial charge in [0.15, 0.2) is 0 Å². The predicted octanol–water partition coefficient (Wildman–Crippen LogP) is 4.38. The van der Waals surface area contributed by atoms with E-state index in [9.17, 15) is 9.59 Å². The van der Waals surface area contributed by atoms with Crippen LogP contribution in [0.15, 0.2) is 97.3 Å². The molecule has 0 saturated carbocycles. The number of amides is 2. The Hall–Kier alpha value is -4.12. The molecule has 0 bridgehead atoms. The van der Waals surface area contributed by atoms with Crippen LogP contribution >= 0.6 is 0 Å². The summed E-state index contributed by atoms with van der Waals surface area (Å²) in [6.07, 6.45) is 3.10. The van der Waals surface area contributed by atoms with Crippen molar-refractivity contribution in [3.05, 3.63) is 109 Å². The maximum Gasteiger partial charge on any atom is 0.276 e. The fourth-order valence-corrected chi connectivity index (χ4v) is 2.96. The number of hydrogen-bond acceptors (Lipinski definition) is 4. The molecule has 0 saturated heterocycles. The van der Waals surface area contributed by atoms with Gasteiger partial charge in [-0.15, -0.1) is 0 Å². The fraction of sp³-hybridized carbons (Fsp3) is 0. The van der Waals surface area contributed by atoms with E-state index in [1.807, 2.05) is 72.8 Å². The van der Waals surface area contributed by atoms with Crippen LogP contribution in [0.1, 0.15) is 21.0 Å². The van der Waals surface area contributed by atoms with Gasteiger partial charge in [0.1, 0.15) is 11.4 Å². The van der Waals surface area contributed by atoms with Crippen molar-refractivity contribution in [3.63, 3.8) is 0 Å². The number of nitrogens with zero attached hydrogens (tertiary/aromatic N) is 2. The quantitative estimate of drug-likeness (QED) is 0.534. The zero-order valence-electron chi connectivity index (χ0n) is 15.4. The second-order valence-corrected chi connectivity index (χ2v) is 6.37. The molecular weight excluding hydrogens is 362 g/mol. The standard InChI is InChI=1S/C24H17N3O2/c28-23(21-15-19(11-13-25-21)17-7-3-1-4-8-17)27-24(29)22-16-20(12-14-26-22)18-9-5-2-6-10-18/h1-16H,(H,27,28,29). The zero-order chi connectivity index (χ0) is 20.1. The molecule has 5 nitrogen and oxygen atoms in total. The second-order valence-electron chi connectivity index (χ2n) is 6.37. The SMILES string of the molecule is O=C(NC(=O)c1cc(-c2ccccc2)ccn1)c1cc(-c2ccccc2)ccn1. The minimum atomic E-state index is -0.570. The predicted molar refractivity (Wildman–Crippen MR) is 111 cm³/mol. The lowest BCUT2D eigenvalue weighted by Crippen LogP contribution is -2.31. The molecule has 4 aromatic rings. The Morgan fingerprint density at radius 3 is 1.38 bits per heavy atom. The first-order valence-corrected chi connectivity index (χ1v) is 9.09. The summed E-state index contributed by atoms with van der Waals surface area (Å²) in [6, 6.07) is 26.3. The number of carbonyl (C=O) groups excluding carboxylic acids is 2. The lowest BCUT2D eigenvalue weighted by molar-refractivity contribution is 0.0843. The molecule has 140 valence electrons. The number of hydrogen-bond donors (Lipinski definition) is 1. The molecule has 2 aromatic heterocycles. The normalized spacial score (nSPS) is 10.3. The van der Waals surface area contributed by atoms with Crippen LogP contribution in [-0.4, -0.2) is 21.8 Å². The number of rotatable bonds is 4. The van der Waals surface area contributed by atoms with Crippen molar-refractivity contribution in [3.8, 4) is 22.3 Å². The van der Waals surface area contributed by atoms with E-state index < -0.39 is 11.8 Å². The Balaban J connectivity index is 1.53. The van der Waals surface area contributed by atoms with Gasteiger partial charge in [0.05, 0.1) is 0 Å². The third-order valence-corrected chi connectivity index (χ3v) is 4.43. The molecule has 0 aliphatic rings. The Morgan fingerprint density at radius 2 is 0.966 bits per heavy atom. The van der Waals surface area contributed by atoms with Gasteiger partial charge >= 0.3 is 0 Å². The lowest BCUT2D eigenvalue weighted by atomic mass is 10.1. The van der Waals surface area contributed by atoms with Crippen LogP contribution in [0.4, 0.5) is 0 Å². The van der Waals surface area contributed by atoms with Crippen molar-refractivity contribution in [2.75, 3.05) is 0 Å². The highest BCUT2D eigenvalue weighted by atomic mass is 16.2. The fourth-order valence-electron chi connectivity index (χ4n) is 2.96. The number of aromatic nitrogens is 2. The largest absolute Gasteiger partial charge is 0.285 e. The molecule has 0 atom stereocenters. The number of benzene rings is 2. The highest BCUT2D eigenvalue weighted by Gasteiger charge is 2.15. The Labute approximate surface area is 168 Å². The van der Waals surface area contributed by atoms with Crippen molar-refractivity contribution in [1.82, 2.24) is 15.3 Å². The maximum atomic E-state index is 12.5. The van der Waals surface area contributed by atoms with Crippen molar-refractivity contribution >= 4 is 11.8 Å². The van der Waals surface area contributed by atoms with Gasteiger partial charge in [-0.3, -0.25) is 24.9 Å². The third-order valence-electron chi connectivity index (χ3n) is 4.43. The van der Waals surface area contributed by atoms with E-state index in [4.69, 9.17) is 0 Å². The number of carbonyl (C=O) groups is 2. The molecule has 1 N–H and O–H groups in total. The van der Waals surface area contributed by atoms with Crippen LogP contribution in [0.5, 0.6) is 0 Å². The van der Waals surface area contributed by atoms with Crippen LogP contribution in [0, 0.1) is 0 Å². The van der Waals surface area contributed by atoms with Crippen molar-refractivity contribution < 1.29 is 9.59 Å². The first-order chi connectivity index (χ1) is 14.2. The first kappa shape index (κ1) is 18.3. The van der Waals surface area contributed by atoms with Crippen LogP contribution in [0.2, 0.25) is 0 Å². The van der Waals surface area contributed by atoms with Gasteiger partial charge in [0, 0.05) is 12.4 Å². The van der Waals surface area contributed by atoms with Crippen molar-refractivity contribution in [1.29, 1.82) is 0 Å². The molecule has 0 spiro atoms. The molecule has 5 heteroatoms. The zero-order valence-corrected chi connectivity index (χ0v) is 15.4. The minimum absolute atomic E-state index is 0.166. The molecule has 0 aliphatic carbocycles. The smallest absolute Gasteiger partial charge is 0.276 e. The van der Waals surface area contributed by atoms with Gasteiger partial charge in [-0.2, -0.15) is 0 Å². The van der Waals surface area contributed by atoms with Crippen molar-refractivity contribution in [2.24, 2.45) is 0 Å². The van der Waals surface area contributed by atoms with Gasteiger partial charge in [0.25, 0.3) is 11.8 Å². The minimum Gasteiger partial charge on any atom is -0.285 e. The van der Waals surface area contributed by atoms with Crippen LogP contribution < -0.4 is 5.32 Å². The van der Waals surface area contributed by atoms with Crippen LogP contribution in [0.25, 0.3) is 22.3 Å². The maximum absolute atomic E-state index is 12.5. The average molecular weight is 379 g/mol. The van der Waals surface area contributed by atoms with E-state index in [2.05, 4.69) is 15.3 Å². The van der Waals surface area contributed by atoms with E-state index in [0.29, 0.717) is 0 Å². The molecule has 4 rings (SSSR count). The average Bonchev–Trinajstić information content (AvgIpc) is 2.80. The van der Waals surface area contributed by atoms with Crippen LogP contribution in [0.3, 0.4) is 0 Å². The molecular formula is C24H17N3O2. The summed E-state index contributed by atoms with van der Waals surface area (Å²) in [4.78, 5) is 33.3. The summed E-state index contributed by atoms with van der Waals surface area (Å²) >= 11 is 0. The van der Waals surface area contributed by atoms with E-state index in [0.717, 1.165) is 22.3 Å². The van der Waals surface area contributed by atoms with Gasteiger partial charge in [-0.05, 0) is 46.5 Å².